The van der Waals surface area contributed by atoms with E-state index in [1.165, 1.54) is 5.56 Å². The Hall–Kier alpha value is -3.08. The minimum atomic E-state index is -0.0293. The van der Waals surface area contributed by atoms with Gasteiger partial charge < -0.3 is 10.1 Å². The fraction of sp³-hybridized carbons (Fsp3) is 0.238. The zero-order valence-electron chi connectivity index (χ0n) is 14.9. The summed E-state index contributed by atoms with van der Waals surface area (Å²) in [5.74, 6) is 1.54. The molecule has 0 fully saturated rings. The Morgan fingerprint density at radius 1 is 1.23 bits per heavy atom. The van der Waals surface area contributed by atoms with E-state index in [9.17, 15) is 4.79 Å². The molecule has 2 heterocycles. The van der Waals surface area contributed by atoms with Crippen LogP contribution in [0.15, 0.2) is 54.7 Å². The van der Waals surface area contributed by atoms with Crippen molar-refractivity contribution in [1.82, 2.24) is 9.78 Å². The monoisotopic (exact) mass is 347 g/mol. The van der Waals surface area contributed by atoms with Gasteiger partial charge in [-0.15, -0.1) is 0 Å². The van der Waals surface area contributed by atoms with E-state index in [4.69, 9.17) is 4.74 Å². The number of fused-ring (bicyclic) bond motifs is 1. The number of anilines is 1. The van der Waals surface area contributed by atoms with Crippen molar-refractivity contribution < 1.29 is 9.53 Å². The Bertz CT molecular complexity index is 944. The average Bonchev–Trinajstić information content (AvgIpc) is 3.06. The lowest BCUT2D eigenvalue weighted by atomic mass is 9.87. The summed E-state index contributed by atoms with van der Waals surface area (Å²) in [5.41, 5.74) is 4.21. The lowest BCUT2D eigenvalue weighted by molar-refractivity contribution is -0.116. The summed E-state index contributed by atoms with van der Waals surface area (Å²) in [5, 5.41) is 7.53. The summed E-state index contributed by atoms with van der Waals surface area (Å²) in [6, 6.07) is 16.1. The van der Waals surface area contributed by atoms with Crippen molar-refractivity contribution in [2.75, 3.05) is 11.9 Å². The van der Waals surface area contributed by atoms with Crippen LogP contribution in [0.5, 0.6) is 5.75 Å². The largest absolute Gasteiger partial charge is 0.494 e. The lowest BCUT2D eigenvalue weighted by Crippen LogP contribution is -2.24. The van der Waals surface area contributed by atoms with E-state index in [1.807, 2.05) is 68.6 Å². The van der Waals surface area contributed by atoms with Gasteiger partial charge in [0, 0.05) is 17.9 Å². The minimum absolute atomic E-state index is 0.00169. The third-order valence-corrected chi connectivity index (χ3v) is 4.67. The molecule has 0 saturated carbocycles. The van der Waals surface area contributed by atoms with Crippen LogP contribution in [0, 0.1) is 6.92 Å². The summed E-state index contributed by atoms with van der Waals surface area (Å²) < 4.78 is 7.41. The standard InChI is InChI=1S/C21H21N3O2/c1-3-26-17-6-4-5-15(11-17)18-12-20(25)23-21-19(18)13-22-24(21)16-9-7-14(2)8-10-16/h4-11,13,18H,3,12H2,1-2H3,(H,23,25). The van der Waals surface area contributed by atoms with E-state index in [2.05, 4.69) is 10.4 Å². The number of ether oxygens (including phenoxy) is 1. The van der Waals surface area contributed by atoms with Crippen LogP contribution in [0.4, 0.5) is 5.82 Å². The van der Waals surface area contributed by atoms with Crippen molar-refractivity contribution in [3.8, 4) is 11.4 Å². The maximum absolute atomic E-state index is 12.4. The first-order valence-electron chi connectivity index (χ1n) is 8.83. The fourth-order valence-corrected chi connectivity index (χ4v) is 3.39. The molecule has 0 spiro atoms. The van der Waals surface area contributed by atoms with Crippen molar-refractivity contribution in [3.05, 3.63) is 71.4 Å². The highest BCUT2D eigenvalue weighted by Gasteiger charge is 2.30. The number of rotatable bonds is 4. The molecule has 1 unspecified atom stereocenters. The smallest absolute Gasteiger partial charge is 0.226 e. The zero-order valence-corrected chi connectivity index (χ0v) is 14.9. The third kappa shape index (κ3) is 2.96. The molecule has 3 aromatic rings. The first kappa shape index (κ1) is 16.4. The van der Waals surface area contributed by atoms with Gasteiger partial charge >= 0.3 is 0 Å². The van der Waals surface area contributed by atoms with Crippen molar-refractivity contribution in [3.63, 3.8) is 0 Å². The molecule has 1 aromatic heterocycles. The summed E-state index contributed by atoms with van der Waals surface area (Å²) in [7, 11) is 0. The van der Waals surface area contributed by atoms with Crippen molar-refractivity contribution in [2.45, 2.75) is 26.2 Å². The van der Waals surface area contributed by atoms with Gasteiger partial charge in [-0.05, 0) is 43.7 Å². The zero-order chi connectivity index (χ0) is 18.1. The van der Waals surface area contributed by atoms with Gasteiger partial charge in [-0.2, -0.15) is 5.10 Å². The molecule has 1 aliphatic heterocycles. The molecule has 5 heteroatoms. The highest BCUT2D eigenvalue weighted by Crippen LogP contribution is 2.38. The van der Waals surface area contributed by atoms with Crippen LogP contribution < -0.4 is 10.1 Å². The third-order valence-electron chi connectivity index (χ3n) is 4.67. The average molecular weight is 347 g/mol. The molecule has 26 heavy (non-hydrogen) atoms. The van der Waals surface area contributed by atoms with E-state index >= 15 is 0 Å². The summed E-state index contributed by atoms with van der Waals surface area (Å²) >= 11 is 0. The molecule has 0 saturated heterocycles. The Morgan fingerprint density at radius 3 is 2.81 bits per heavy atom. The number of carbonyl (C=O) groups is 1. The first-order chi connectivity index (χ1) is 12.7. The van der Waals surface area contributed by atoms with E-state index in [1.54, 1.807) is 4.68 Å². The molecule has 4 rings (SSSR count). The molecule has 1 aliphatic rings. The second-order valence-corrected chi connectivity index (χ2v) is 6.51. The number of benzene rings is 2. The van der Waals surface area contributed by atoms with E-state index in [0.29, 0.717) is 13.0 Å². The van der Waals surface area contributed by atoms with Crippen molar-refractivity contribution in [2.24, 2.45) is 0 Å². The second-order valence-electron chi connectivity index (χ2n) is 6.51. The van der Waals surface area contributed by atoms with Gasteiger partial charge in [0.05, 0.1) is 18.5 Å². The van der Waals surface area contributed by atoms with Crippen LogP contribution in [-0.4, -0.2) is 22.3 Å². The maximum atomic E-state index is 12.4. The number of aryl methyl sites for hydroxylation is 1. The van der Waals surface area contributed by atoms with Gasteiger partial charge in [0.2, 0.25) is 5.91 Å². The molecular weight excluding hydrogens is 326 g/mol. The number of hydrogen-bond acceptors (Lipinski definition) is 3. The van der Waals surface area contributed by atoms with Crippen LogP contribution in [0.25, 0.3) is 5.69 Å². The Kier molecular flexibility index (Phi) is 4.21. The molecule has 0 aliphatic carbocycles. The van der Waals surface area contributed by atoms with Gasteiger partial charge in [-0.25, -0.2) is 4.68 Å². The quantitative estimate of drug-likeness (QED) is 0.774. The molecule has 1 atom stereocenters. The van der Waals surface area contributed by atoms with E-state index in [-0.39, 0.29) is 11.8 Å². The minimum Gasteiger partial charge on any atom is -0.494 e. The number of amides is 1. The SMILES string of the molecule is CCOc1cccc(C2CC(=O)Nc3c2cnn3-c2ccc(C)cc2)c1. The van der Waals surface area contributed by atoms with Crippen LogP contribution in [0.2, 0.25) is 0 Å². The molecule has 1 N–H and O–H groups in total. The first-order valence-corrected chi connectivity index (χ1v) is 8.83. The van der Waals surface area contributed by atoms with Crippen molar-refractivity contribution >= 4 is 11.7 Å². The molecule has 5 nitrogen and oxygen atoms in total. The molecule has 132 valence electrons. The molecule has 0 radical (unpaired) electrons. The molecular formula is C21H21N3O2. The Morgan fingerprint density at radius 2 is 2.04 bits per heavy atom. The lowest BCUT2D eigenvalue weighted by Gasteiger charge is -2.24. The Balaban J connectivity index is 1.76. The van der Waals surface area contributed by atoms with Crippen LogP contribution in [0.1, 0.15) is 36.0 Å². The van der Waals surface area contributed by atoms with Crippen LogP contribution in [0.3, 0.4) is 0 Å². The topological polar surface area (TPSA) is 56.1 Å². The highest BCUT2D eigenvalue weighted by atomic mass is 16.5. The van der Waals surface area contributed by atoms with Crippen LogP contribution >= 0.6 is 0 Å². The normalized spacial score (nSPS) is 16.1. The maximum Gasteiger partial charge on any atom is 0.226 e. The van der Waals surface area contributed by atoms with Crippen LogP contribution in [-0.2, 0) is 4.79 Å². The predicted molar refractivity (Wildman–Crippen MR) is 101 cm³/mol. The summed E-state index contributed by atoms with van der Waals surface area (Å²) in [4.78, 5) is 12.4. The predicted octanol–water partition coefficient (Wildman–Crippen LogP) is 4.05. The number of hydrogen-bond donors (Lipinski definition) is 1. The van der Waals surface area contributed by atoms with Gasteiger partial charge in [0.1, 0.15) is 11.6 Å². The van der Waals surface area contributed by atoms with Gasteiger partial charge in [0.25, 0.3) is 0 Å². The molecule has 1 amide bonds. The van der Waals surface area contributed by atoms with Gasteiger partial charge in [-0.1, -0.05) is 29.8 Å². The van der Waals surface area contributed by atoms with E-state index in [0.717, 1.165) is 28.4 Å². The number of carbonyl (C=O) groups excluding carboxylic acids is 1. The number of nitrogens with one attached hydrogen (secondary N) is 1. The molecule has 0 bridgehead atoms. The van der Waals surface area contributed by atoms with E-state index < -0.39 is 0 Å². The fourth-order valence-electron chi connectivity index (χ4n) is 3.39. The summed E-state index contributed by atoms with van der Waals surface area (Å²) in [6.07, 6.45) is 2.26. The second kappa shape index (κ2) is 6.67. The summed E-state index contributed by atoms with van der Waals surface area (Å²) in [6.45, 7) is 4.63. The van der Waals surface area contributed by atoms with Crippen molar-refractivity contribution in [1.29, 1.82) is 0 Å². The van der Waals surface area contributed by atoms with Gasteiger partial charge in [-0.3, -0.25) is 4.79 Å². The van der Waals surface area contributed by atoms with Gasteiger partial charge in [0.15, 0.2) is 0 Å². The molecule has 2 aromatic carbocycles. The number of aromatic nitrogens is 2. The Labute approximate surface area is 152 Å². The highest BCUT2D eigenvalue weighted by molar-refractivity contribution is 5.94. The number of nitrogens with zero attached hydrogens (tertiary/aromatic N) is 2.